The zero-order valence-electron chi connectivity index (χ0n) is 9.62. The van der Waals surface area contributed by atoms with E-state index in [0.717, 1.165) is 0 Å². The molecule has 0 aromatic carbocycles. The number of nitrogens with zero attached hydrogens (tertiary/aromatic N) is 1. The van der Waals surface area contributed by atoms with Gasteiger partial charge in [-0.3, -0.25) is 14.7 Å². The van der Waals surface area contributed by atoms with Gasteiger partial charge in [0.1, 0.15) is 16.8 Å². The predicted octanol–water partition coefficient (Wildman–Crippen LogP) is 2.95. The van der Waals surface area contributed by atoms with E-state index in [0.29, 0.717) is 0 Å². The fourth-order valence-corrected chi connectivity index (χ4v) is 2.86. The Morgan fingerprint density at radius 2 is 1.94 bits per heavy atom. The zero-order chi connectivity index (χ0) is 12.9. The average molecular weight is 263 g/mol. The molecule has 0 N–H and O–H groups in total. The van der Waals surface area contributed by atoms with Crippen molar-refractivity contribution >= 4 is 13.5 Å². The van der Waals surface area contributed by atoms with Crippen LogP contribution in [0.1, 0.15) is 19.6 Å². The molecule has 1 heterocycles. The molecule has 1 rings (SSSR count). The lowest BCUT2D eigenvalue weighted by atomic mass is 10.5. The molecule has 0 aliphatic rings. The summed E-state index contributed by atoms with van der Waals surface area (Å²) < 4.78 is 27.1. The summed E-state index contributed by atoms with van der Waals surface area (Å²) in [6.07, 6.45) is -0.109. The Morgan fingerprint density at radius 1 is 1.35 bits per heavy atom. The summed E-state index contributed by atoms with van der Waals surface area (Å²) in [5.74, 6) is -0.179. The van der Waals surface area contributed by atoms with Crippen LogP contribution in [0.5, 0.6) is 0 Å². The van der Waals surface area contributed by atoms with Crippen LogP contribution in [0.3, 0.4) is 0 Å². The topological polar surface area (TPSA) is 91.8 Å². The number of nitro groups is 1. The fourth-order valence-electron chi connectivity index (χ4n) is 1.26. The Kier molecular flexibility index (Phi) is 4.86. The lowest BCUT2D eigenvalue weighted by molar-refractivity contribution is -0.402. The van der Waals surface area contributed by atoms with Crippen molar-refractivity contribution in [2.24, 2.45) is 0 Å². The third-order valence-electron chi connectivity index (χ3n) is 1.83. The molecule has 0 saturated carbocycles. The Bertz CT molecular complexity index is 419. The van der Waals surface area contributed by atoms with Crippen LogP contribution >= 0.6 is 7.60 Å². The number of hydrogen-bond acceptors (Lipinski definition) is 6. The molecule has 1 aromatic heterocycles. The SMILES string of the molecule is CCOP(=O)(Cc1ccc([N+](=O)[O-])o1)OCC. The van der Waals surface area contributed by atoms with Crippen LogP contribution < -0.4 is 0 Å². The molecule has 7 nitrogen and oxygen atoms in total. The van der Waals surface area contributed by atoms with Crippen LogP contribution in [-0.2, 0) is 19.8 Å². The Balaban J connectivity index is 2.78. The van der Waals surface area contributed by atoms with Crippen LogP contribution in [0, 0.1) is 10.1 Å². The molecule has 8 heteroatoms. The van der Waals surface area contributed by atoms with E-state index in [4.69, 9.17) is 13.5 Å². The molecule has 0 atom stereocenters. The van der Waals surface area contributed by atoms with E-state index in [9.17, 15) is 14.7 Å². The average Bonchev–Trinajstić information content (AvgIpc) is 2.66. The highest BCUT2D eigenvalue weighted by molar-refractivity contribution is 7.53. The van der Waals surface area contributed by atoms with Gasteiger partial charge in [0.15, 0.2) is 0 Å². The first kappa shape index (κ1) is 13.9. The van der Waals surface area contributed by atoms with Crippen molar-refractivity contribution in [3.63, 3.8) is 0 Å². The highest BCUT2D eigenvalue weighted by Gasteiger charge is 2.27. The van der Waals surface area contributed by atoms with Crippen molar-refractivity contribution in [1.29, 1.82) is 0 Å². The quantitative estimate of drug-likeness (QED) is 0.426. The normalized spacial score (nSPS) is 11.6. The van der Waals surface area contributed by atoms with E-state index < -0.39 is 12.5 Å². The summed E-state index contributed by atoms with van der Waals surface area (Å²) in [4.78, 5) is 9.75. The Hall–Kier alpha value is -1.17. The minimum atomic E-state index is -3.27. The van der Waals surface area contributed by atoms with E-state index in [-0.39, 0.29) is 31.0 Å². The van der Waals surface area contributed by atoms with Crippen LogP contribution in [0.2, 0.25) is 0 Å². The second-order valence-corrected chi connectivity index (χ2v) is 5.16. The van der Waals surface area contributed by atoms with Crippen LogP contribution in [-0.4, -0.2) is 18.1 Å². The van der Waals surface area contributed by atoms with E-state index in [1.54, 1.807) is 13.8 Å². The lowest BCUT2D eigenvalue weighted by Gasteiger charge is -2.15. The molecule has 0 bridgehead atoms. The predicted molar refractivity (Wildman–Crippen MR) is 59.9 cm³/mol. The molecule has 0 saturated heterocycles. The molecule has 96 valence electrons. The van der Waals surface area contributed by atoms with Gasteiger partial charge >= 0.3 is 13.5 Å². The molecular formula is C9H14NO6P. The largest absolute Gasteiger partial charge is 0.433 e. The van der Waals surface area contributed by atoms with Crippen LogP contribution in [0.15, 0.2) is 16.5 Å². The second kappa shape index (κ2) is 5.95. The smallest absolute Gasteiger partial charge is 0.405 e. The van der Waals surface area contributed by atoms with Gasteiger partial charge < -0.3 is 13.5 Å². The summed E-state index contributed by atoms with van der Waals surface area (Å²) in [6, 6.07) is 2.60. The van der Waals surface area contributed by atoms with Crippen LogP contribution in [0.4, 0.5) is 5.88 Å². The maximum atomic E-state index is 12.1. The second-order valence-electron chi connectivity index (χ2n) is 3.10. The molecule has 0 radical (unpaired) electrons. The highest BCUT2D eigenvalue weighted by Crippen LogP contribution is 2.51. The number of hydrogen-bond donors (Lipinski definition) is 0. The van der Waals surface area contributed by atoms with Crippen molar-refractivity contribution < 1.29 is 23.0 Å². The summed E-state index contributed by atoms with van der Waals surface area (Å²) in [5.41, 5.74) is 0. The Morgan fingerprint density at radius 3 is 2.35 bits per heavy atom. The minimum Gasteiger partial charge on any atom is -0.405 e. The molecule has 0 unspecified atom stereocenters. The van der Waals surface area contributed by atoms with E-state index in [1.165, 1.54) is 12.1 Å². The molecular weight excluding hydrogens is 249 g/mol. The van der Waals surface area contributed by atoms with Gasteiger partial charge in [-0.05, 0) is 19.9 Å². The monoisotopic (exact) mass is 263 g/mol. The van der Waals surface area contributed by atoms with Gasteiger partial charge in [-0.15, -0.1) is 0 Å². The summed E-state index contributed by atoms with van der Waals surface area (Å²) >= 11 is 0. The van der Waals surface area contributed by atoms with Crippen molar-refractivity contribution in [3.05, 3.63) is 28.0 Å². The van der Waals surface area contributed by atoms with E-state index in [2.05, 4.69) is 0 Å². The number of rotatable bonds is 7. The van der Waals surface area contributed by atoms with Crippen LogP contribution in [0.25, 0.3) is 0 Å². The minimum absolute atomic E-state index is 0.109. The summed E-state index contributed by atoms with van der Waals surface area (Å²) in [6.45, 7) is 3.85. The first-order valence-corrected chi connectivity index (χ1v) is 6.84. The molecule has 0 spiro atoms. The molecule has 0 amide bonds. The van der Waals surface area contributed by atoms with Gasteiger partial charge in [0.05, 0.1) is 19.3 Å². The van der Waals surface area contributed by atoms with Gasteiger partial charge in [-0.1, -0.05) is 0 Å². The molecule has 0 fully saturated rings. The number of furan rings is 1. The first-order chi connectivity index (χ1) is 8.00. The van der Waals surface area contributed by atoms with Gasteiger partial charge in [0.25, 0.3) is 0 Å². The standard InChI is InChI=1S/C9H14NO6P/c1-3-14-17(13,15-4-2)7-8-5-6-9(16-8)10(11)12/h5-6H,3-4,7H2,1-2H3. The van der Waals surface area contributed by atoms with Gasteiger partial charge in [-0.2, -0.15) is 0 Å². The van der Waals surface area contributed by atoms with Crippen molar-refractivity contribution in [2.45, 2.75) is 20.0 Å². The zero-order valence-corrected chi connectivity index (χ0v) is 10.5. The van der Waals surface area contributed by atoms with Crippen molar-refractivity contribution in [2.75, 3.05) is 13.2 Å². The van der Waals surface area contributed by atoms with Gasteiger partial charge in [0, 0.05) is 0 Å². The fraction of sp³-hybridized carbons (Fsp3) is 0.556. The Labute approximate surface area is 98.4 Å². The van der Waals surface area contributed by atoms with Crippen molar-refractivity contribution in [1.82, 2.24) is 0 Å². The summed E-state index contributed by atoms with van der Waals surface area (Å²) in [5, 5.41) is 10.4. The maximum Gasteiger partial charge on any atom is 0.433 e. The third kappa shape index (κ3) is 3.96. The van der Waals surface area contributed by atoms with E-state index in [1.807, 2.05) is 0 Å². The highest BCUT2D eigenvalue weighted by atomic mass is 31.2. The first-order valence-electron chi connectivity index (χ1n) is 5.12. The molecule has 0 aliphatic heterocycles. The summed E-state index contributed by atoms with van der Waals surface area (Å²) in [7, 11) is -3.27. The molecule has 17 heavy (non-hydrogen) atoms. The molecule has 0 aliphatic carbocycles. The van der Waals surface area contributed by atoms with E-state index >= 15 is 0 Å². The lowest BCUT2D eigenvalue weighted by Crippen LogP contribution is -1.98. The third-order valence-corrected chi connectivity index (χ3v) is 3.83. The molecule has 1 aromatic rings. The van der Waals surface area contributed by atoms with Gasteiger partial charge in [-0.25, -0.2) is 0 Å². The maximum absolute atomic E-state index is 12.1. The van der Waals surface area contributed by atoms with Gasteiger partial charge in [0.2, 0.25) is 0 Å². The van der Waals surface area contributed by atoms with Crippen molar-refractivity contribution in [3.8, 4) is 0 Å².